The van der Waals surface area contributed by atoms with Gasteiger partial charge in [0.1, 0.15) is 0 Å². The maximum atomic E-state index is 10.2. The highest BCUT2D eigenvalue weighted by Gasteiger charge is 2.27. The molecule has 0 aliphatic heterocycles. The van der Waals surface area contributed by atoms with E-state index in [4.69, 9.17) is 0 Å². The van der Waals surface area contributed by atoms with Crippen molar-refractivity contribution in [2.75, 3.05) is 0 Å². The number of nitrogens with zero attached hydrogens (tertiary/aromatic N) is 2. The Morgan fingerprint density at radius 2 is 2.29 bits per heavy atom. The average Bonchev–Trinajstić information content (AvgIpc) is 2.48. The van der Waals surface area contributed by atoms with Crippen molar-refractivity contribution in [2.24, 2.45) is 13.0 Å². The predicted octanol–water partition coefficient (Wildman–Crippen LogP) is 1.76. The minimum atomic E-state index is -0.650. The van der Waals surface area contributed by atoms with Gasteiger partial charge in [0, 0.05) is 19.7 Å². The second-order valence-electron chi connectivity index (χ2n) is 4.32. The zero-order valence-corrected chi connectivity index (χ0v) is 9.49. The van der Waals surface area contributed by atoms with Crippen LogP contribution >= 0.6 is 0 Å². The Bertz CT molecular complexity index is 291. The number of aromatic nitrogens is 2. The molecule has 0 aliphatic carbocycles. The van der Waals surface area contributed by atoms with E-state index in [0.717, 1.165) is 12.1 Å². The fourth-order valence-electron chi connectivity index (χ4n) is 1.54. The lowest BCUT2D eigenvalue weighted by Gasteiger charge is -2.28. The second-order valence-corrected chi connectivity index (χ2v) is 4.32. The molecule has 1 aromatic heterocycles. The molecule has 80 valence electrons. The van der Waals surface area contributed by atoms with E-state index >= 15 is 0 Å². The molecule has 1 rings (SSSR count). The van der Waals surface area contributed by atoms with Gasteiger partial charge < -0.3 is 5.11 Å². The van der Waals surface area contributed by atoms with Crippen LogP contribution in [0.2, 0.25) is 0 Å². The van der Waals surface area contributed by atoms with Crippen molar-refractivity contribution in [1.29, 1.82) is 0 Å². The van der Waals surface area contributed by atoms with E-state index in [1.807, 2.05) is 26.2 Å². The first-order valence-electron chi connectivity index (χ1n) is 5.16. The van der Waals surface area contributed by atoms with Gasteiger partial charge in [-0.2, -0.15) is 5.10 Å². The molecule has 0 radical (unpaired) electrons. The molecule has 0 spiro atoms. The maximum Gasteiger partial charge on any atom is 0.0700 e. The van der Waals surface area contributed by atoms with Crippen molar-refractivity contribution in [3.05, 3.63) is 18.0 Å². The van der Waals surface area contributed by atoms with Crippen LogP contribution in [0.4, 0.5) is 0 Å². The van der Waals surface area contributed by atoms with Gasteiger partial charge in [-0.1, -0.05) is 20.3 Å². The number of aliphatic hydroxyl groups is 1. The Balaban J connectivity index is 2.67. The van der Waals surface area contributed by atoms with Gasteiger partial charge in [-0.25, -0.2) is 0 Å². The molecule has 0 fully saturated rings. The van der Waals surface area contributed by atoms with Gasteiger partial charge in [0.05, 0.1) is 11.3 Å². The summed E-state index contributed by atoms with van der Waals surface area (Å²) < 4.78 is 1.77. The minimum Gasteiger partial charge on any atom is -0.389 e. The number of aryl methyl sites for hydroxylation is 1. The molecule has 1 heterocycles. The third-order valence-corrected chi connectivity index (χ3v) is 2.98. The quantitative estimate of drug-likeness (QED) is 0.797. The van der Waals surface area contributed by atoms with Crippen LogP contribution in [0.15, 0.2) is 12.3 Å². The van der Waals surface area contributed by atoms with E-state index in [1.165, 1.54) is 0 Å². The summed E-state index contributed by atoms with van der Waals surface area (Å²) in [5.74, 6) is 0.296. The molecule has 0 aromatic carbocycles. The summed E-state index contributed by atoms with van der Waals surface area (Å²) in [7, 11) is 1.89. The molecule has 3 heteroatoms. The first-order chi connectivity index (χ1) is 6.45. The largest absolute Gasteiger partial charge is 0.389 e. The average molecular weight is 196 g/mol. The zero-order chi connectivity index (χ0) is 10.8. The van der Waals surface area contributed by atoms with Crippen LogP contribution in [0.25, 0.3) is 0 Å². The molecular weight excluding hydrogens is 176 g/mol. The minimum absolute atomic E-state index is 0.296. The molecule has 0 amide bonds. The van der Waals surface area contributed by atoms with Crippen LogP contribution in [-0.4, -0.2) is 20.5 Å². The zero-order valence-electron chi connectivity index (χ0n) is 9.49. The van der Waals surface area contributed by atoms with Crippen LogP contribution in [0.3, 0.4) is 0 Å². The lowest BCUT2D eigenvalue weighted by Crippen LogP contribution is -2.35. The molecular formula is C11H20N2O. The Hall–Kier alpha value is -0.830. The van der Waals surface area contributed by atoms with Crippen molar-refractivity contribution in [1.82, 2.24) is 9.78 Å². The molecule has 2 atom stereocenters. The van der Waals surface area contributed by atoms with Crippen LogP contribution in [0, 0.1) is 5.92 Å². The Kier molecular flexibility index (Phi) is 3.32. The van der Waals surface area contributed by atoms with Crippen LogP contribution in [-0.2, 0) is 13.5 Å². The third kappa shape index (κ3) is 2.58. The van der Waals surface area contributed by atoms with Crippen LogP contribution in [0.5, 0.6) is 0 Å². The van der Waals surface area contributed by atoms with Gasteiger partial charge in [0.15, 0.2) is 0 Å². The molecule has 0 bridgehead atoms. The monoisotopic (exact) mass is 196 g/mol. The Morgan fingerprint density at radius 3 is 2.71 bits per heavy atom. The van der Waals surface area contributed by atoms with E-state index in [1.54, 1.807) is 4.68 Å². The number of rotatable bonds is 4. The standard InChI is InChI=1S/C11H20N2O/c1-5-9(2)11(3,14)8-10-6-7-13(4)12-10/h6-7,9,14H,5,8H2,1-4H3. The highest BCUT2D eigenvalue weighted by molar-refractivity contribution is 5.03. The summed E-state index contributed by atoms with van der Waals surface area (Å²) in [5.41, 5.74) is 0.307. The molecule has 0 saturated carbocycles. The maximum absolute atomic E-state index is 10.2. The van der Waals surface area contributed by atoms with E-state index in [2.05, 4.69) is 18.9 Å². The predicted molar refractivity (Wildman–Crippen MR) is 57.0 cm³/mol. The number of hydrogen-bond donors (Lipinski definition) is 1. The van der Waals surface area contributed by atoms with Gasteiger partial charge in [-0.05, 0) is 18.9 Å². The van der Waals surface area contributed by atoms with Gasteiger partial charge >= 0.3 is 0 Å². The number of hydrogen-bond acceptors (Lipinski definition) is 2. The van der Waals surface area contributed by atoms with E-state index in [0.29, 0.717) is 12.3 Å². The summed E-state index contributed by atoms with van der Waals surface area (Å²) in [6.45, 7) is 6.05. The molecule has 0 saturated heterocycles. The normalized spacial score (nSPS) is 17.8. The second kappa shape index (κ2) is 4.13. The topological polar surface area (TPSA) is 38.0 Å². The fourth-order valence-corrected chi connectivity index (χ4v) is 1.54. The van der Waals surface area contributed by atoms with E-state index in [9.17, 15) is 5.11 Å². The van der Waals surface area contributed by atoms with Crippen molar-refractivity contribution in [3.63, 3.8) is 0 Å². The SMILES string of the molecule is CCC(C)C(C)(O)Cc1ccn(C)n1. The van der Waals surface area contributed by atoms with Crippen molar-refractivity contribution in [3.8, 4) is 0 Å². The summed E-state index contributed by atoms with van der Waals surface area (Å²) in [6, 6.07) is 1.96. The first kappa shape index (κ1) is 11.2. The molecule has 1 aromatic rings. The molecule has 3 nitrogen and oxygen atoms in total. The van der Waals surface area contributed by atoms with Crippen molar-refractivity contribution in [2.45, 2.75) is 39.2 Å². The highest BCUT2D eigenvalue weighted by Crippen LogP contribution is 2.23. The van der Waals surface area contributed by atoms with E-state index < -0.39 is 5.60 Å². The summed E-state index contributed by atoms with van der Waals surface area (Å²) in [4.78, 5) is 0. The van der Waals surface area contributed by atoms with E-state index in [-0.39, 0.29) is 0 Å². The van der Waals surface area contributed by atoms with Crippen molar-refractivity contribution >= 4 is 0 Å². The molecule has 1 N–H and O–H groups in total. The summed E-state index contributed by atoms with van der Waals surface area (Å²) in [6.07, 6.45) is 3.52. The van der Waals surface area contributed by atoms with Crippen LogP contribution in [0.1, 0.15) is 32.9 Å². The van der Waals surface area contributed by atoms with Gasteiger partial charge in [0.25, 0.3) is 0 Å². The smallest absolute Gasteiger partial charge is 0.0700 e. The Morgan fingerprint density at radius 1 is 1.64 bits per heavy atom. The third-order valence-electron chi connectivity index (χ3n) is 2.98. The summed E-state index contributed by atoms with van der Waals surface area (Å²) in [5, 5.41) is 14.5. The van der Waals surface area contributed by atoms with Crippen LogP contribution < -0.4 is 0 Å². The van der Waals surface area contributed by atoms with Crippen molar-refractivity contribution < 1.29 is 5.11 Å². The molecule has 0 aliphatic rings. The fraction of sp³-hybridized carbons (Fsp3) is 0.727. The lowest BCUT2D eigenvalue weighted by molar-refractivity contribution is 0.00424. The Labute approximate surface area is 85.8 Å². The summed E-state index contributed by atoms with van der Waals surface area (Å²) >= 11 is 0. The van der Waals surface area contributed by atoms with Gasteiger partial charge in [0.2, 0.25) is 0 Å². The van der Waals surface area contributed by atoms with Gasteiger partial charge in [-0.15, -0.1) is 0 Å². The highest BCUT2D eigenvalue weighted by atomic mass is 16.3. The van der Waals surface area contributed by atoms with Gasteiger partial charge in [-0.3, -0.25) is 4.68 Å². The molecule has 14 heavy (non-hydrogen) atoms. The lowest BCUT2D eigenvalue weighted by atomic mass is 9.85. The first-order valence-corrected chi connectivity index (χ1v) is 5.16. The molecule has 2 unspecified atom stereocenters.